The highest BCUT2D eigenvalue weighted by molar-refractivity contribution is 5.83. The molecule has 1 heterocycles. The van der Waals surface area contributed by atoms with Crippen molar-refractivity contribution >= 4 is 5.96 Å². The van der Waals surface area contributed by atoms with E-state index in [9.17, 15) is 0 Å². The molecule has 1 aliphatic rings. The van der Waals surface area contributed by atoms with E-state index in [1.165, 1.54) is 5.56 Å². The molecule has 4 nitrogen and oxygen atoms in total. The van der Waals surface area contributed by atoms with Gasteiger partial charge in [-0.05, 0) is 30.2 Å². The third-order valence-corrected chi connectivity index (χ3v) is 3.87. The molecule has 0 bridgehead atoms. The number of guanidine groups is 1. The molecule has 0 unspecified atom stereocenters. The van der Waals surface area contributed by atoms with Crippen LogP contribution >= 0.6 is 0 Å². The standard InChI is InChI=1S/C18H21N3O/c1-13-17(15-8-4-3-5-9-15)21-18(20-13)19-12-14-7-6-10-16(11-14)22-2/h3-11,13,17H,12H2,1-2H3,(H2,19,20,21)/t13-,17+/m0/s1. The van der Waals surface area contributed by atoms with E-state index in [2.05, 4.69) is 52.9 Å². The Kier molecular flexibility index (Phi) is 4.28. The molecule has 0 radical (unpaired) electrons. The first-order chi connectivity index (χ1) is 10.8. The van der Waals surface area contributed by atoms with Gasteiger partial charge >= 0.3 is 0 Å². The fourth-order valence-corrected chi connectivity index (χ4v) is 2.68. The van der Waals surface area contributed by atoms with Crippen molar-refractivity contribution in [3.05, 3.63) is 65.7 Å². The predicted octanol–water partition coefficient (Wildman–Crippen LogP) is 2.87. The number of ether oxygens (including phenoxy) is 1. The molecule has 1 fully saturated rings. The van der Waals surface area contributed by atoms with Crippen molar-refractivity contribution in [1.82, 2.24) is 10.6 Å². The Balaban J connectivity index is 1.68. The van der Waals surface area contributed by atoms with Crippen molar-refractivity contribution in [2.24, 2.45) is 4.99 Å². The number of hydrogen-bond acceptors (Lipinski definition) is 2. The number of benzene rings is 2. The first kappa shape index (κ1) is 14.4. The van der Waals surface area contributed by atoms with Crippen LogP contribution in [-0.2, 0) is 6.54 Å². The highest BCUT2D eigenvalue weighted by Crippen LogP contribution is 2.20. The monoisotopic (exact) mass is 295 g/mol. The molecule has 22 heavy (non-hydrogen) atoms. The molecule has 0 amide bonds. The molecule has 2 aromatic carbocycles. The second-order valence-corrected chi connectivity index (χ2v) is 5.48. The maximum absolute atomic E-state index is 5.24. The molecule has 2 N–H and O–H groups in total. The van der Waals surface area contributed by atoms with Crippen molar-refractivity contribution in [2.75, 3.05) is 7.11 Å². The van der Waals surface area contributed by atoms with Crippen LogP contribution in [0.4, 0.5) is 0 Å². The second-order valence-electron chi connectivity index (χ2n) is 5.48. The van der Waals surface area contributed by atoms with E-state index < -0.39 is 0 Å². The summed E-state index contributed by atoms with van der Waals surface area (Å²) in [5.74, 6) is 1.71. The van der Waals surface area contributed by atoms with Crippen molar-refractivity contribution in [2.45, 2.75) is 25.6 Å². The van der Waals surface area contributed by atoms with Gasteiger partial charge in [0.1, 0.15) is 5.75 Å². The summed E-state index contributed by atoms with van der Waals surface area (Å²) in [6.45, 7) is 2.79. The first-order valence-electron chi connectivity index (χ1n) is 7.51. The lowest BCUT2D eigenvalue weighted by atomic mass is 10.0. The predicted molar refractivity (Wildman–Crippen MR) is 89.0 cm³/mol. The van der Waals surface area contributed by atoms with Gasteiger partial charge in [-0.3, -0.25) is 0 Å². The van der Waals surface area contributed by atoms with Crippen LogP contribution in [0, 0.1) is 0 Å². The highest BCUT2D eigenvalue weighted by atomic mass is 16.5. The Morgan fingerprint density at radius 3 is 2.64 bits per heavy atom. The summed E-state index contributed by atoms with van der Waals surface area (Å²) in [5, 5.41) is 6.87. The first-order valence-corrected chi connectivity index (χ1v) is 7.51. The van der Waals surface area contributed by atoms with E-state index in [-0.39, 0.29) is 6.04 Å². The minimum absolute atomic E-state index is 0.255. The molecule has 4 heteroatoms. The molecule has 2 atom stereocenters. The number of nitrogens with zero attached hydrogens (tertiary/aromatic N) is 1. The largest absolute Gasteiger partial charge is 0.497 e. The van der Waals surface area contributed by atoms with Crippen LogP contribution < -0.4 is 15.4 Å². The molecular weight excluding hydrogens is 274 g/mol. The van der Waals surface area contributed by atoms with Crippen LogP contribution in [0.5, 0.6) is 5.75 Å². The maximum Gasteiger partial charge on any atom is 0.192 e. The van der Waals surface area contributed by atoms with Crippen molar-refractivity contribution in [3.63, 3.8) is 0 Å². The summed E-state index contributed by atoms with van der Waals surface area (Å²) in [6, 6.07) is 19.0. The van der Waals surface area contributed by atoms with Crippen LogP contribution in [0.15, 0.2) is 59.6 Å². The normalized spacial score (nSPS) is 22.2. The smallest absolute Gasteiger partial charge is 0.192 e. The van der Waals surface area contributed by atoms with Gasteiger partial charge in [0.05, 0.1) is 25.7 Å². The Labute approximate surface area is 131 Å². The summed E-state index contributed by atoms with van der Waals surface area (Å²) in [7, 11) is 1.68. The lowest BCUT2D eigenvalue weighted by Gasteiger charge is -2.14. The van der Waals surface area contributed by atoms with E-state index in [4.69, 9.17) is 4.74 Å². The lowest BCUT2D eigenvalue weighted by Crippen LogP contribution is -2.26. The average Bonchev–Trinajstić information content (AvgIpc) is 2.95. The SMILES string of the molecule is COc1cccc(CN=C2N[C@@H](C)[C@H](c3ccccc3)N2)c1. The molecule has 0 aromatic heterocycles. The zero-order chi connectivity index (χ0) is 15.4. The lowest BCUT2D eigenvalue weighted by molar-refractivity contribution is 0.414. The summed E-state index contributed by atoms with van der Waals surface area (Å²) in [6.07, 6.45) is 0. The van der Waals surface area contributed by atoms with Crippen LogP contribution in [-0.4, -0.2) is 19.1 Å². The fraction of sp³-hybridized carbons (Fsp3) is 0.278. The third-order valence-electron chi connectivity index (χ3n) is 3.87. The zero-order valence-corrected chi connectivity index (χ0v) is 12.9. The Morgan fingerprint density at radius 2 is 1.86 bits per heavy atom. The zero-order valence-electron chi connectivity index (χ0n) is 12.9. The third kappa shape index (κ3) is 3.22. The minimum atomic E-state index is 0.255. The molecule has 0 spiro atoms. The number of aliphatic imine (C=N–C) groups is 1. The number of nitrogens with one attached hydrogen (secondary N) is 2. The summed E-state index contributed by atoms with van der Waals surface area (Å²) in [4.78, 5) is 4.63. The van der Waals surface area contributed by atoms with Gasteiger partial charge in [-0.15, -0.1) is 0 Å². The van der Waals surface area contributed by atoms with E-state index >= 15 is 0 Å². The van der Waals surface area contributed by atoms with Crippen LogP contribution in [0.3, 0.4) is 0 Å². The Morgan fingerprint density at radius 1 is 1.05 bits per heavy atom. The maximum atomic E-state index is 5.24. The van der Waals surface area contributed by atoms with E-state index in [0.717, 1.165) is 17.3 Å². The molecule has 114 valence electrons. The molecule has 2 aromatic rings. The fourth-order valence-electron chi connectivity index (χ4n) is 2.68. The van der Waals surface area contributed by atoms with Crippen LogP contribution in [0.25, 0.3) is 0 Å². The van der Waals surface area contributed by atoms with Gasteiger partial charge in [-0.1, -0.05) is 42.5 Å². The van der Waals surface area contributed by atoms with Gasteiger partial charge in [0, 0.05) is 0 Å². The molecule has 3 rings (SSSR count). The van der Waals surface area contributed by atoms with Crippen LogP contribution in [0.1, 0.15) is 24.1 Å². The summed E-state index contributed by atoms with van der Waals surface area (Å²) >= 11 is 0. The van der Waals surface area contributed by atoms with Crippen LogP contribution in [0.2, 0.25) is 0 Å². The number of hydrogen-bond donors (Lipinski definition) is 2. The van der Waals surface area contributed by atoms with Gasteiger partial charge in [-0.2, -0.15) is 0 Å². The number of rotatable bonds is 4. The molecule has 1 aliphatic heterocycles. The molecule has 1 saturated heterocycles. The number of methoxy groups -OCH3 is 1. The molecule has 0 aliphatic carbocycles. The van der Waals surface area contributed by atoms with Gasteiger partial charge in [0.2, 0.25) is 0 Å². The van der Waals surface area contributed by atoms with Gasteiger partial charge < -0.3 is 15.4 Å². The van der Waals surface area contributed by atoms with Crippen molar-refractivity contribution < 1.29 is 4.74 Å². The topological polar surface area (TPSA) is 45.6 Å². The average molecular weight is 295 g/mol. The Bertz CT molecular complexity index is 654. The quantitative estimate of drug-likeness (QED) is 0.911. The second kappa shape index (κ2) is 6.52. The summed E-state index contributed by atoms with van der Waals surface area (Å²) < 4.78 is 5.24. The van der Waals surface area contributed by atoms with E-state index in [1.54, 1.807) is 7.11 Å². The van der Waals surface area contributed by atoms with Crippen molar-refractivity contribution in [3.8, 4) is 5.75 Å². The van der Waals surface area contributed by atoms with Gasteiger partial charge in [0.25, 0.3) is 0 Å². The van der Waals surface area contributed by atoms with E-state index in [0.29, 0.717) is 12.6 Å². The van der Waals surface area contributed by atoms with E-state index in [1.807, 2.05) is 24.3 Å². The summed E-state index contributed by atoms with van der Waals surface area (Å²) in [5.41, 5.74) is 2.40. The van der Waals surface area contributed by atoms with Gasteiger partial charge in [0.15, 0.2) is 5.96 Å². The highest BCUT2D eigenvalue weighted by Gasteiger charge is 2.27. The van der Waals surface area contributed by atoms with Crippen molar-refractivity contribution in [1.29, 1.82) is 0 Å². The minimum Gasteiger partial charge on any atom is -0.497 e. The van der Waals surface area contributed by atoms with Gasteiger partial charge in [-0.25, -0.2) is 4.99 Å². The molecular formula is C18H21N3O. The Hall–Kier alpha value is -2.49. The molecule has 0 saturated carbocycles.